The van der Waals surface area contributed by atoms with Crippen molar-refractivity contribution in [1.82, 2.24) is 4.98 Å². The number of carbonyl (C=O) groups excluding carboxylic acids is 1. The number of esters is 1. The second-order valence-corrected chi connectivity index (χ2v) is 4.13. The maximum absolute atomic E-state index is 11.0. The Bertz CT molecular complexity index is 335. The fourth-order valence-corrected chi connectivity index (χ4v) is 1.78. The first-order valence-electron chi connectivity index (χ1n) is 4.04. The van der Waals surface area contributed by atoms with E-state index in [2.05, 4.69) is 25.7 Å². The molecular formula is C9H10BrNO2S. The number of thiazole rings is 1. The fourth-order valence-electron chi connectivity index (χ4n) is 0.810. The van der Waals surface area contributed by atoms with Gasteiger partial charge in [-0.15, -0.1) is 11.3 Å². The molecule has 1 aromatic heterocycles. The molecular weight excluding hydrogens is 266 g/mol. The van der Waals surface area contributed by atoms with E-state index in [1.165, 1.54) is 18.4 Å². The van der Waals surface area contributed by atoms with E-state index in [1.54, 1.807) is 5.38 Å². The molecule has 3 nitrogen and oxygen atoms in total. The van der Waals surface area contributed by atoms with E-state index in [0.29, 0.717) is 5.69 Å². The Hall–Kier alpha value is -0.680. The predicted octanol–water partition coefficient (Wildman–Crippen LogP) is 2.73. The zero-order valence-electron chi connectivity index (χ0n) is 7.70. The van der Waals surface area contributed by atoms with Crippen LogP contribution in [0.3, 0.4) is 0 Å². The first kappa shape index (κ1) is 11.4. The summed E-state index contributed by atoms with van der Waals surface area (Å²) >= 11 is 4.75. The Labute approximate surface area is 94.9 Å². The van der Waals surface area contributed by atoms with E-state index in [-0.39, 0.29) is 5.97 Å². The minimum absolute atomic E-state index is 0.371. The summed E-state index contributed by atoms with van der Waals surface area (Å²) in [5.41, 5.74) is 0.371. The number of ether oxygens (including phenoxy) is 1. The lowest BCUT2D eigenvalue weighted by Crippen LogP contribution is -2.00. The quantitative estimate of drug-likeness (QED) is 0.627. The first-order valence-corrected chi connectivity index (χ1v) is 6.04. The van der Waals surface area contributed by atoms with Gasteiger partial charge in [-0.3, -0.25) is 0 Å². The number of alkyl halides is 1. The van der Waals surface area contributed by atoms with Crippen LogP contribution in [0.4, 0.5) is 0 Å². The van der Waals surface area contributed by atoms with Gasteiger partial charge < -0.3 is 4.74 Å². The van der Waals surface area contributed by atoms with Crippen molar-refractivity contribution in [2.24, 2.45) is 0 Å². The van der Waals surface area contributed by atoms with E-state index in [0.717, 1.165) is 16.8 Å². The van der Waals surface area contributed by atoms with Gasteiger partial charge in [-0.2, -0.15) is 0 Å². The molecule has 0 bridgehead atoms. The standard InChI is InChI=1S/C9H10BrNO2S/c1-13-9(12)7-6-14-8(11-7)4-2-3-5-10/h2,4,6H,3,5H2,1H3. The van der Waals surface area contributed by atoms with E-state index in [1.807, 2.05) is 12.2 Å². The van der Waals surface area contributed by atoms with Gasteiger partial charge in [0.15, 0.2) is 5.69 Å². The molecule has 0 saturated heterocycles. The van der Waals surface area contributed by atoms with Gasteiger partial charge >= 0.3 is 5.97 Å². The second-order valence-electron chi connectivity index (χ2n) is 2.44. The van der Waals surface area contributed by atoms with E-state index < -0.39 is 0 Å². The molecule has 1 aromatic rings. The molecule has 0 fully saturated rings. The number of rotatable bonds is 4. The molecule has 0 aliphatic heterocycles. The number of nitrogens with zero attached hydrogens (tertiary/aromatic N) is 1. The van der Waals surface area contributed by atoms with Crippen LogP contribution in [0.1, 0.15) is 21.9 Å². The highest BCUT2D eigenvalue weighted by Crippen LogP contribution is 2.12. The summed E-state index contributed by atoms with van der Waals surface area (Å²) in [6, 6.07) is 0. The van der Waals surface area contributed by atoms with Gasteiger partial charge in [-0.1, -0.05) is 22.0 Å². The zero-order valence-corrected chi connectivity index (χ0v) is 10.1. The highest BCUT2D eigenvalue weighted by atomic mass is 79.9. The van der Waals surface area contributed by atoms with Gasteiger partial charge in [0.05, 0.1) is 7.11 Å². The maximum Gasteiger partial charge on any atom is 0.357 e. The Morgan fingerprint density at radius 3 is 3.21 bits per heavy atom. The molecule has 0 atom stereocenters. The average Bonchev–Trinajstić information content (AvgIpc) is 2.66. The maximum atomic E-state index is 11.0. The Balaban J connectivity index is 2.63. The third-order valence-corrected chi connectivity index (χ3v) is 2.72. The topological polar surface area (TPSA) is 39.2 Å². The third kappa shape index (κ3) is 3.23. The van der Waals surface area contributed by atoms with E-state index in [4.69, 9.17) is 0 Å². The number of methoxy groups -OCH3 is 1. The van der Waals surface area contributed by atoms with Gasteiger partial charge in [0.1, 0.15) is 5.01 Å². The Kier molecular flexibility index (Phi) is 4.82. The predicted molar refractivity (Wildman–Crippen MR) is 60.9 cm³/mol. The first-order chi connectivity index (χ1) is 6.77. The highest BCUT2D eigenvalue weighted by Gasteiger charge is 2.08. The van der Waals surface area contributed by atoms with Crippen molar-refractivity contribution in [3.05, 3.63) is 22.2 Å². The van der Waals surface area contributed by atoms with Crippen LogP contribution < -0.4 is 0 Å². The smallest absolute Gasteiger partial charge is 0.357 e. The number of halogens is 1. The van der Waals surface area contributed by atoms with Crippen molar-refractivity contribution >= 4 is 39.3 Å². The van der Waals surface area contributed by atoms with Gasteiger partial charge in [-0.25, -0.2) is 9.78 Å². The van der Waals surface area contributed by atoms with Gasteiger partial charge in [0.25, 0.3) is 0 Å². The monoisotopic (exact) mass is 275 g/mol. The number of carbonyl (C=O) groups is 1. The van der Waals surface area contributed by atoms with Crippen molar-refractivity contribution in [2.75, 3.05) is 12.4 Å². The Morgan fingerprint density at radius 2 is 2.57 bits per heavy atom. The summed E-state index contributed by atoms with van der Waals surface area (Å²) in [6.45, 7) is 0. The lowest BCUT2D eigenvalue weighted by Gasteiger charge is -1.90. The lowest BCUT2D eigenvalue weighted by molar-refractivity contribution is 0.0595. The molecule has 0 aliphatic rings. The molecule has 0 N–H and O–H groups in total. The van der Waals surface area contributed by atoms with Crippen LogP contribution in [0.2, 0.25) is 0 Å². The van der Waals surface area contributed by atoms with Crippen LogP contribution >= 0.6 is 27.3 Å². The van der Waals surface area contributed by atoms with Crippen LogP contribution in [0.15, 0.2) is 11.5 Å². The molecule has 1 rings (SSSR count). The number of aromatic nitrogens is 1. The summed E-state index contributed by atoms with van der Waals surface area (Å²) in [7, 11) is 1.35. The van der Waals surface area contributed by atoms with Crippen LogP contribution in [0, 0.1) is 0 Å². The van der Waals surface area contributed by atoms with Crippen LogP contribution in [0.25, 0.3) is 6.08 Å². The molecule has 76 valence electrons. The lowest BCUT2D eigenvalue weighted by atomic mass is 10.4. The molecule has 5 heteroatoms. The molecule has 0 aliphatic carbocycles. The largest absolute Gasteiger partial charge is 0.464 e. The minimum Gasteiger partial charge on any atom is -0.464 e. The zero-order chi connectivity index (χ0) is 10.4. The summed E-state index contributed by atoms with van der Waals surface area (Å²) < 4.78 is 4.55. The van der Waals surface area contributed by atoms with E-state index >= 15 is 0 Å². The summed E-state index contributed by atoms with van der Waals surface area (Å²) in [5, 5.41) is 3.45. The Morgan fingerprint density at radius 1 is 1.79 bits per heavy atom. The van der Waals surface area contributed by atoms with Crippen molar-refractivity contribution < 1.29 is 9.53 Å². The molecule has 0 aromatic carbocycles. The van der Waals surface area contributed by atoms with Crippen molar-refractivity contribution in [2.45, 2.75) is 6.42 Å². The van der Waals surface area contributed by atoms with Crippen LogP contribution in [-0.4, -0.2) is 23.4 Å². The molecule has 0 spiro atoms. The SMILES string of the molecule is COC(=O)c1csc(C=CCCBr)n1. The number of hydrogen-bond acceptors (Lipinski definition) is 4. The van der Waals surface area contributed by atoms with Crippen molar-refractivity contribution in [3.8, 4) is 0 Å². The summed E-state index contributed by atoms with van der Waals surface area (Å²) in [6.07, 6.45) is 4.86. The molecule has 0 saturated carbocycles. The molecule has 0 radical (unpaired) electrons. The average molecular weight is 276 g/mol. The minimum atomic E-state index is -0.388. The van der Waals surface area contributed by atoms with Crippen molar-refractivity contribution in [1.29, 1.82) is 0 Å². The number of allylic oxidation sites excluding steroid dienone is 1. The number of hydrogen-bond donors (Lipinski definition) is 0. The van der Waals surface area contributed by atoms with Gasteiger partial charge in [0.2, 0.25) is 0 Å². The van der Waals surface area contributed by atoms with Gasteiger partial charge in [0, 0.05) is 10.7 Å². The van der Waals surface area contributed by atoms with Crippen LogP contribution in [0.5, 0.6) is 0 Å². The molecule has 14 heavy (non-hydrogen) atoms. The molecule has 0 unspecified atom stereocenters. The molecule has 0 amide bonds. The fraction of sp³-hybridized carbons (Fsp3) is 0.333. The van der Waals surface area contributed by atoms with Gasteiger partial charge in [-0.05, 0) is 12.5 Å². The van der Waals surface area contributed by atoms with E-state index in [9.17, 15) is 4.79 Å². The summed E-state index contributed by atoms with van der Waals surface area (Å²) in [5.74, 6) is -0.388. The van der Waals surface area contributed by atoms with Crippen molar-refractivity contribution in [3.63, 3.8) is 0 Å². The second kappa shape index (κ2) is 5.93. The molecule has 1 heterocycles. The normalized spacial score (nSPS) is 10.7. The highest BCUT2D eigenvalue weighted by molar-refractivity contribution is 9.09. The third-order valence-electron chi connectivity index (χ3n) is 1.45. The van der Waals surface area contributed by atoms with Crippen LogP contribution in [-0.2, 0) is 4.74 Å². The summed E-state index contributed by atoms with van der Waals surface area (Å²) in [4.78, 5) is 15.1.